The minimum absolute atomic E-state index is 0.0677. The number of nitrogens with one attached hydrogen (secondary N) is 1. The lowest BCUT2D eigenvalue weighted by atomic mass is 10.2. The van der Waals surface area contributed by atoms with E-state index in [4.69, 9.17) is 5.73 Å². The molecule has 7 heteroatoms. The van der Waals surface area contributed by atoms with Crippen LogP contribution < -0.4 is 11.1 Å². The summed E-state index contributed by atoms with van der Waals surface area (Å²) in [6.45, 7) is 3.96. The van der Waals surface area contributed by atoms with Crippen LogP contribution in [0.25, 0.3) is 0 Å². The van der Waals surface area contributed by atoms with Crippen molar-refractivity contribution in [3.05, 3.63) is 53.9 Å². The van der Waals surface area contributed by atoms with Crippen molar-refractivity contribution in [3.8, 4) is 0 Å². The van der Waals surface area contributed by atoms with Crippen molar-refractivity contribution in [2.24, 2.45) is 12.8 Å². The molecule has 0 bridgehead atoms. The van der Waals surface area contributed by atoms with Crippen molar-refractivity contribution < 1.29 is 4.79 Å². The fourth-order valence-electron chi connectivity index (χ4n) is 1.49. The fourth-order valence-corrected chi connectivity index (χ4v) is 1.76. The minimum atomic E-state index is -0.133. The highest BCUT2D eigenvalue weighted by Crippen LogP contribution is 2.07. The molecule has 0 aliphatic heterocycles. The Hall–Kier alpha value is -1.73. The van der Waals surface area contributed by atoms with Gasteiger partial charge in [0.2, 0.25) is 0 Å². The van der Waals surface area contributed by atoms with Gasteiger partial charge in [-0.2, -0.15) is 5.10 Å². The summed E-state index contributed by atoms with van der Waals surface area (Å²) in [6.07, 6.45) is 4.42. The molecule has 1 aromatic carbocycles. The van der Waals surface area contributed by atoms with E-state index in [0.717, 1.165) is 6.42 Å². The van der Waals surface area contributed by atoms with Crippen molar-refractivity contribution in [1.82, 2.24) is 15.1 Å². The summed E-state index contributed by atoms with van der Waals surface area (Å²) < 4.78 is 1.61. The molecule has 2 rings (SSSR count). The van der Waals surface area contributed by atoms with E-state index in [1.54, 1.807) is 38.1 Å². The molecule has 1 heterocycles. The molecule has 0 fully saturated rings. The van der Waals surface area contributed by atoms with Crippen molar-refractivity contribution >= 4 is 39.0 Å². The third-order valence-corrected chi connectivity index (χ3v) is 3.47. The molecule has 3 N–H and O–H groups in total. The molecule has 132 valence electrons. The number of hydrogen-bond donors (Lipinski definition) is 2. The second-order valence-corrected chi connectivity index (χ2v) is 6.65. The first kappa shape index (κ1) is 22.3. The van der Waals surface area contributed by atoms with Gasteiger partial charge < -0.3 is 11.1 Å². The van der Waals surface area contributed by atoms with Crippen LogP contribution in [0.2, 0.25) is 0 Å². The third-order valence-electron chi connectivity index (χ3n) is 2.85. The largest absolute Gasteiger partial charge is 0.376 e. The zero-order valence-electron chi connectivity index (χ0n) is 14.5. The van der Waals surface area contributed by atoms with Crippen molar-refractivity contribution in [2.45, 2.75) is 25.1 Å². The average molecular weight is 413 g/mol. The lowest BCUT2D eigenvalue weighted by molar-refractivity contribution is 0.0996. The van der Waals surface area contributed by atoms with Gasteiger partial charge in [-0.1, -0.05) is 53.2 Å². The molecular formula is C17H25BrN4OS. The number of ketones is 1. The number of rotatable bonds is 3. The van der Waals surface area contributed by atoms with Crippen molar-refractivity contribution in [1.29, 1.82) is 0 Å². The lowest BCUT2D eigenvalue weighted by Crippen LogP contribution is -2.24. The summed E-state index contributed by atoms with van der Waals surface area (Å²) in [4.78, 5) is 11.1. The van der Waals surface area contributed by atoms with E-state index < -0.39 is 0 Å². The molecule has 24 heavy (non-hydrogen) atoms. The zero-order chi connectivity index (χ0) is 18.5. The summed E-state index contributed by atoms with van der Waals surface area (Å²) >= 11 is 7.56. The number of nitrogens with two attached hydrogens (primary N) is 1. The van der Waals surface area contributed by atoms with Gasteiger partial charge in [0.25, 0.3) is 0 Å². The Morgan fingerprint density at radius 3 is 2.25 bits per heavy atom. The van der Waals surface area contributed by atoms with E-state index >= 15 is 0 Å². The molecule has 0 amide bonds. The number of nitrogens with zero attached hydrogens (tertiary/aromatic N) is 2. The Kier molecular flexibility index (Phi) is 11.8. The van der Waals surface area contributed by atoms with Crippen LogP contribution in [0, 0.1) is 0 Å². The molecule has 0 radical (unpaired) electrons. The number of thiocarbonyl (C=S) groups is 1. The predicted molar refractivity (Wildman–Crippen MR) is 108 cm³/mol. The summed E-state index contributed by atoms with van der Waals surface area (Å²) in [5.41, 5.74) is 6.97. The first-order valence-electron chi connectivity index (χ1n) is 7.49. The van der Waals surface area contributed by atoms with Gasteiger partial charge in [0.1, 0.15) is 0 Å². The average Bonchev–Trinajstić information content (AvgIpc) is 3.02. The maximum Gasteiger partial charge on any atom is 0.179 e. The number of carbonyl (C=O) groups excluding carboxylic acids is 1. The molecular weight excluding hydrogens is 388 g/mol. The van der Waals surface area contributed by atoms with Crippen LogP contribution in [0.1, 0.15) is 29.8 Å². The van der Waals surface area contributed by atoms with Gasteiger partial charge in [-0.3, -0.25) is 9.48 Å². The summed E-state index contributed by atoms with van der Waals surface area (Å²) in [7, 11) is 3.47. The Bertz CT molecular complexity index is 614. The van der Waals surface area contributed by atoms with E-state index in [9.17, 15) is 4.79 Å². The Balaban J connectivity index is 0.000000358. The fraction of sp³-hybridized carbons (Fsp3) is 0.353. The normalized spacial score (nSPS) is 10.4. The highest BCUT2D eigenvalue weighted by molar-refractivity contribution is 9.10. The number of halogens is 1. The number of aromatic nitrogens is 2. The smallest absolute Gasteiger partial charge is 0.179 e. The van der Waals surface area contributed by atoms with Crippen LogP contribution in [0.3, 0.4) is 0 Å². The quantitative estimate of drug-likeness (QED) is 0.460. The van der Waals surface area contributed by atoms with Crippen LogP contribution in [-0.4, -0.2) is 32.6 Å². The third kappa shape index (κ3) is 10.1. The maximum atomic E-state index is 11.3. The van der Waals surface area contributed by atoms with E-state index in [2.05, 4.69) is 69.8 Å². The first-order valence-corrected chi connectivity index (χ1v) is 8.82. The molecule has 0 aliphatic carbocycles. The van der Waals surface area contributed by atoms with Crippen LogP contribution in [0.15, 0.2) is 42.7 Å². The number of hydrogen-bond acceptors (Lipinski definition) is 3. The second kappa shape index (κ2) is 12.7. The number of aryl methyl sites for hydroxylation is 2. The van der Waals surface area contributed by atoms with E-state index in [0.29, 0.717) is 10.7 Å². The van der Waals surface area contributed by atoms with Gasteiger partial charge in [-0.25, -0.2) is 0 Å². The van der Waals surface area contributed by atoms with Gasteiger partial charge in [-0.15, -0.1) is 0 Å². The molecule has 1 aromatic heterocycles. The summed E-state index contributed by atoms with van der Waals surface area (Å²) in [6, 6.07) is 10.5. The summed E-state index contributed by atoms with van der Waals surface area (Å²) in [5, 5.41) is 6.77. The number of Topliss-reactive ketones (excluding diaryl/α,β-unsaturated/α-hetero) is 1. The van der Waals surface area contributed by atoms with Gasteiger partial charge in [0.05, 0.1) is 16.6 Å². The Labute approximate surface area is 157 Å². The highest BCUT2D eigenvalue weighted by Gasteiger charge is 2.12. The number of benzene rings is 1. The second-order valence-electron chi connectivity index (χ2n) is 4.84. The maximum absolute atomic E-state index is 11.3. The van der Waals surface area contributed by atoms with Crippen LogP contribution >= 0.6 is 28.1 Å². The lowest BCUT2D eigenvalue weighted by Gasteiger charge is -1.96. The Morgan fingerprint density at radius 1 is 1.42 bits per heavy atom. The van der Waals surface area contributed by atoms with Gasteiger partial charge in [-0.05, 0) is 31.1 Å². The van der Waals surface area contributed by atoms with Gasteiger partial charge in [0, 0.05) is 20.3 Å². The molecule has 5 nitrogen and oxygen atoms in total. The Morgan fingerprint density at radius 2 is 1.96 bits per heavy atom. The zero-order valence-corrected chi connectivity index (χ0v) is 16.9. The molecule has 0 aliphatic rings. The highest BCUT2D eigenvalue weighted by atomic mass is 79.9. The topological polar surface area (TPSA) is 72.9 Å². The first-order chi connectivity index (χ1) is 11.3. The SMILES string of the molecule is CC(Br)C(=O)c1cnn(C)c1.CCc1ccccc1.CNC(N)=S. The molecule has 1 unspecified atom stereocenters. The monoisotopic (exact) mass is 412 g/mol. The van der Waals surface area contributed by atoms with Crippen molar-refractivity contribution in [2.75, 3.05) is 7.05 Å². The minimum Gasteiger partial charge on any atom is -0.376 e. The number of alkyl halides is 1. The van der Waals surface area contributed by atoms with E-state index in [1.807, 2.05) is 6.07 Å². The van der Waals surface area contributed by atoms with Crippen LogP contribution in [-0.2, 0) is 13.5 Å². The van der Waals surface area contributed by atoms with Gasteiger partial charge >= 0.3 is 0 Å². The van der Waals surface area contributed by atoms with E-state index in [-0.39, 0.29) is 10.6 Å². The van der Waals surface area contributed by atoms with Crippen LogP contribution in [0.4, 0.5) is 0 Å². The molecule has 0 saturated carbocycles. The van der Waals surface area contributed by atoms with Crippen molar-refractivity contribution in [3.63, 3.8) is 0 Å². The summed E-state index contributed by atoms with van der Waals surface area (Å²) in [5.74, 6) is 0.0677. The molecule has 0 spiro atoms. The predicted octanol–water partition coefficient (Wildman–Crippen LogP) is 3.08. The number of carbonyl (C=O) groups is 1. The molecule has 1 atom stereocenters. The standard InChI is InChI=1S/C8H10.C7H9BrN2O.C2H6N2S/c1-2-8-6-4-3-5-7-8;1-5(8)7(11)6-3-9-10(2)4-6;1-4-2(3)5/h3-7H,2H2,1H3;3-5H,1-2H3;1H3,(H3,3,4,5). The molecule has 2 aromatic rings. The van der Waals surface area contributed by atoms with Crippen LogP contribution in [0.5, 0.6) is 0 Å². The molecule has 0 saturated heterocycles. The van der Waals surface area contributed by atoms with Gasteiger partial charge in [0.15, 0.2) is 10.9 Å². The van der Waals surface area contributed by atoms with E-state index in [1.165, 1.54) is 5.56 Å².